The third kappa shape index (κ3) is 2.42. The molecule has 0 aromatic heterocycles. The van der Waals surface area contributed by atoms with Crippen molar-refractivity contribution in [1.82, 2.24) is 10.2 Å². The maximum absolute atomic E-state index is 12.4. The molecule has 0 unspecified atom stereocenters. The second-order valence-corrected chi connectivity index (χ2v) is 4.92. The average molecular weight is 242 g/mol. The number of nitrogens with zero attached hydrogens (tertiary/aromatic N) is 1. The molecule has 4 nitrogen and oxygen atoms in total. The second kappa shape index (κ2) is 5.02. The average Bonchev–Trinajstić information content (AvgIpc) is 2.73. The Bertz CT molecular complexity index is 314. The van der Waals surface area contributed by atoms with Crippen LogP contribution in [0.25, 0.3) is 0 Å². The fraction of sp³-hybridized carbons (Fsp3) is 0.833. The summed E-state index contributed by atoms with van der Waals surface area (Å²) in [5.41, 5.74) is -0.677. The Morgan fingerprint density at radius 3 is 2.65 bits per heavy atom. The van der Waals surface area contributed by atoms with Crippen molar-refractivity contribution in [2.24, 2.45) is 0 Å². The maximum atomic E-state index is 12.4. The summed E-state index contributed by atoms with van der Waals surface area (Å²) in [5.74, 6) is -0.0581. The smallest absolute Gasteiger partial charge is 0.248 e. The summed E-state index contributed by atoms with van der Waals surface area (Å²) in [6.45, 7) is 0.427. The van der Waals surface area contributed by atoms with Crippen LogP contribution in [0.15, 0.2) is 0 Å². The van der Waals surface area contributed by atoms with Crippen molar-refractivity contribution in [3.63, 3.8) is 0 Å². The zero-order chi connectivity index (χ0) is 12.3. The third-order valence-electron chi connectivity index (χ3n) is 3.70. The Labute approximate surface area is 101 Å². The zero-order valence-corrected chi connectivity index (χ0v) is 10.0. The molecule has 0 aromatic rings. The quantitative estimate of drug-likeness (QED) is 0.803. The zero-order valence-electron chi connectivity index (χ0n) is 10.0. The van der Waals surface area contributed by atoms with E-state index < -0.39 is 12.2 Å². The van der Waals surface area contributed by atoms with Gasteiger partial charge in [-0.05, 0) is 19.3 Å². The van der Waals surface area contributed by atoms with Crippen molar-refractivity contribution in [1.29, 1.82) is 0 Å². The van der Waals surface area contributed by atoms with Crippen LogP contribution in [0.5, 0.6) is 0 Å². The van der Waals surface area contributed by atoms with Crippen molar-refractivity contribution in [2.75, 3.05) is 19.8 Å². The van der Waals surface area contributed by atoms with E-state index in [0.717, 1.165) is 25.7 Å². The molecule has 2 rings (SSSR count). The Hall–Kier alpha value is -1.13. The number of hydrogen-bond donors (Lipinski definition) is 1. The molecule has 2 fully saturated rings. The highest BCUT2D eigenvalue weighted by Gasteiger charge is 2.46. The molecule has 0 aromatic carbocycles. The number of nitrogens with one attached hydrogen (secondary N) is 1. The number of hydrogen-bond acceptors (Lipinski definition) is 2. The molecule has 5 heteroatoms. The lowest BCUT2D eigenvalue weighted by molar-refractivity contribution is -0.138. The largest absolute Gasteiger partial charge is 0.342 e. The fourth-order valence-corrected chi connectivity index (χ4v) is 2.80. The Kier molecular flexibility index (Phi) is 3.64. The van der Waals surface area contributed by atoms with Gasteiger partial charge in [-0.3, -0.25) is 14.0 Å². The van der Waals surface area contributed by atoms with Crippen LogP contribution in [0.4, 0.5) is 4.39 Å². The Morgan fingerprint density at radius 2 is 2.00 bits per heavy atom. The maximum Gasteiger partial charge on any atom is 0.248 e. The van der Waals surface area contributed by atoms with Gasteiger partial charge in [-0.2, -0.15) is 0 Å². The summed E-state index contributed by atoms with van der Waals surface area (Å²) < 4.78 is 12.2. The van der Waals surface area contributed by atoms with E-state index in [9.17, 15) is 14.0 Å². The summed E-state index contributed by atoms with van der Waals surface area (Å²) in [4.78, 5) is 25.7. The number of carbonyl (C=O) groups excluding carboxylic acids is 2. The lowest BCUT2D eigenvalue weighted by Crippen LogP contribution is -2.55. The summed E-state index contributed by atoms with van der Waals surface area (Å²) in [6.07, 6.45) is 4.09. The van der Waals surface area contributed by atoms with Gasteiger partial charge < -0.3 is 10.2 Å². The summed E-state index contributed by atoms with van der Waals surface area (Å²) in [7, 11) is 0. The molecule has 1 N–H and O–H groups in total. The van der Waals surface area contributed by atoms with Gasteiger partial charge in [-0.25, -0.2) is 0 Å². The van der Waals surface area contributed by atoms with Crippen molar-refractivity contribution in [3.8, 4) is 0 Å². The summed E-state index contributed by atoms with van der Waals surface area (Å²) >= 11 is 0. The molecule has 1 aliphatic carbocycles. The van der Waals surface area contributed by atoms with Crippen LogP contribution in [0.2, 0.25) is 0 Å². The first-order valence-corrected chi connectivity index (χ1v) is 6.34. The Balaban J connectivity index is 2.14. The molecule has 1 saturated heterocycles. The van der Waals surface area contributed by atoms with Crippen LogP contribution in [-0.4, -0.2) is 42.0 Å². The fourth-order valence-electron chi connectivity index (χ4n) is 2.80. The first-order chi connectivity index (χ1) is 8.18. The van der Waals surface area contributed by atoms with Gasteiger partial charge in [0.25, 0.3) is 0 Å². The molecule has 1 spiro atoms. The SMILES string of the molecule is O=C1CCN(CCCF)C(=O)C2(CCCC2)N1. The van der Waals surface area contributed by atoms with Crippen LogP contribution >= 0.6 is 0 Å². The van der Waals surface area contributed by atoms with Crippen LogP contribution in [0.3, 0.4) is 0 Å². The monoisotopic (exact) mass is 242 g/mol. The predicted octanol–water partition coefficient (Wildman–Crippen LogP) is 1.01. The third-order valence-corrected chi connectivity index (χ3v) is 3.70. The van der Waals surface area contributed by atoms with Crippen molar-refractivity contribution >= 4 is 11.8 Å². The number of amides is 2. The molecule has 1 aliphatic heterocycles. The number of rotatable bonds is 3. The van der Waals surface area contributed by atoms with Crippen molar-refractivity contribution in [3.05, 3.63) is 0 Å². The van der Waals surface area contributed by atoms with E-state index in [1.807, 2.05) is 0 Å². The van der Waals surface area contributed by atoms with Gasteiger partial charge in [-0.15, -0.1) is 0 Å². The van der Waals surface area contributed by atoms with Crippen molar-refractivity contribution < 1.29 is 14.0 Å². The minimum atomic E-state index is -0.677. The van der Waals surface area contributed by atoms with E-state index in [1.54, 1.807) is 4.90 Å². The number of carbonyl (C=O) groups is 2. The van der Waals surface area contributed by atoms with Crippen LogP contribution in [-0.2, 0) is 9.59 Å². The van der Waals surface area contributed by atoms with E-state index in [2.05, 4.69) is 5.32 Å². The van der Waals surface area contributed by atoms with Gasteiger partial charge in [0.1, 0.15) is 5.54 Å². The van der Waals surface area contributed by atoms with Gasteiger partial charge in [0, 0.05) is 19.5 Å². The van der Waals surface area contributed by atoms with E-state index >= 15 is 0 Å². The molecule has 0 atom stereocenters. The van der Waals surface area contributed by atoms with Crippen LogP contribution < -0.4 is 5.32 Å². The van der Waals surface area contributed by atoms with Crippen LogP contribution in [0, 0.1) is 0 Å². The van der Waals surface area contributed by atoms with Crippen molar-refractivity contribution in [2.45, 2.75) is 44.1 Å². The molecular weight excluding hydrogens is 223 g/mol. The first-order valence-electron chi connectivity index (χ1n) is 6.34. The number of alkyl halides is 1. The standard InChI is InChI=1S/C12H19FN2O2/c13-7-3-8-15-9-4-10(16)14-12(11(15)17)5-1-2-6-12/h1-9H2,(H,14,16). The molecule has 2 aliphatic rings. The highest BCUT2D eigenvalue weighted by molar-refractivity contribution is 5.93. The highest BCUT2D eigenvalue weighted by atomic mass is 19.1. The van der Waals surface area contributed by atoms with E-state index in [1.165, 1.54) is 0 Å². The molecule has 1 heterocycles. The minimum Gasteiger partial charge on any atom is -0.342 e. The lowest BCUT2D eigenvalue weighted by atomic mass is 9.96. The molecule has 2 amide bonds. The Morgan fingerprint density at radius 1 is 1.29 bits per heavy atom. The lowest BCUT2D eigenvalue weighted by Gasteiger charge is -2.31. The minimum absolute atomic E-state index is 0.00528. The second-order valence-electron chi connectivity index (χ2n) is 4.92. The normalized spacial score (nSPS) is 23.9. The van der Waals surface area contributed by atoms with E-state index in [-0.39, 0.29) is 11.8 Å². The summed E-state index contributed by atoms with van der Waals surface area (Å²) in [5, 5.41) is 2.89. The molecule has 1 saturated carbocycles. The van der Waals surface area contributed by atoms with Crippen LogP contribution in [0.1, 0.15) is 38.5 Å². The first kappa shape index (κ1) is 12.3. The van der Waals surface area contributed by atoms with Gasteiger partial charge in [0.05, 0.1) is 6.67 Å². The topological polar surface area (TPSA) is 49.4 Å². The van der Waals surface area contributed by atoms with Gasteiger partial charge in [-0.1, -0.05) is 12.8 Å². The molecule has 0 bridgehead atoms. The van der Waals surface area contributed by atoms with Gasteiger partial charge in [0.15, 0.2) is 0 Å². The van der Waals surface area contributed by atoms with E-state index in [4.69, 9.17) is 0 Å². The van der Waals surface area contributed by atoms with Gasteiger partial charge >= 0.3 is 0 Å². The number of halogens is 1. The van der Waals surface area contributed by atoms with Gasteiger partial charge in [0.2, 0.25) is 11.8 Å². The molecule has 96 valence electrons. The molecule has 0 radical (unpaired) electrons. The van der Waals surface area contributed by atoms with E-state index in [0.29, 0.717) is 25.9 Å². The molecular formula is C12H19FN2O2. The predicted molar refractivity (Wildman–Crippen MR) is 61.1 cm³/mol. The summed E-state index contributed by atoms with van der Waals surface area (Å²) in [6, 6.07) is 0. The molecule has 17 heavy (non-hydrogen) atoms. The highest BCUT2D eigenvalue weighted by Crippen LogP contribution is 2.32.